The van der Waals surface area contributed by atoms with Gasteiger partial charge in [0.1, 0.15) is 4.21 Å². The Balaban J connectivity index is 1.73. The molecule has 0 saturated carbocycles. The van der Waals surface area contributed by atoms with Gasteiger partial charge in [0.05, 0.1) is 19.3 Å². The molecule has 1 aliphatic heterocycles. The van der Waals surface area contributed by atoms with Crippen LogP contribution in [0.1, 0.15) is 15.8 Å². The zero-order chi connectivity index (χ0) is 16.3. The monoisotopic (exact) mass is 372 g/mol. The third-order valence-corrected chi connectivity index (χ3v) is 7.69. The first-order chi connectivity index (χ1) is 11.1. The van der Waals surface area contributed by atoms with Gasteiger partial charge in [0, 0.05) is 29.4 Å². The average Bonchev–Trinajstić information content (AvgIpc) is 3.20. The maximum atomic E-state index is 12.5. The Hall–Kier alpha value is -0.770. The molecule has 126 valence electrons. The van der Waals surface area contributed by atoms with E-state index in [1.165, 1.54) is 16.2 Å². The molecule has 2 aromatic heterocycles. The van der Waals surface area contributed by atoms with Crippen molar-refractivity contribution in [3.63, 3.8) is 0 Å². The van der Waals surface area contributed by atoms with Gasteiger partial charge in [-0.15, -0.1) is 22.7 Å². The lowest BCUT2D eigenvalue weighted by Gasteiger charge is -2.34. The lowest BCUT2D eigenvalue weighted by Crippen LogP contribution is -2.43. The number of morpholine rings is 1. The van der Waals surface area contributed by atoms with Gasteiger partial charge in [0.2, 0.25) is 10.0 Å². The van der Waals surface area contributed by atoms with Gasteiger partial charge in [0.15, 0.2) is 0 Å². The van der Waals surface area contributed by atoms with Crippen LogP contribution in [0.2, 0.25) is 0 Å². The van der Waals surface area contributed by atoms with Crippen LogP contribution in [0.5, 0.6) is 0 Å². The molecular weight excluding hydrogens is 352 g/mol. The molecule has 0 bridgehead atoms. The Morgan fingerprint density at radius 1 is 1.30 bits per heavy atom. The normalized spacial score (nSPS) is 18.1. The summed E-state index contributed by atoms with van der Waals surface area (Å²) in [5, 5.41) is 2.03. The van der Waals surface area contributed by atoms with E-state index in [-0.39, 0.29) is 6.04 Å². The smallest absolute Gasteiger partial charge is 0.250 e. The Morgan fingerprint density at radius 2 is 2.09 bits per heavy atom. The number of nitrogens with one attached hydrogen (secondary N) is 1. The molecule has 1 fully saturated rings. The van der Waals surface area contributed by atoms with Crippen molar-refractivity contribution in [2.75, 3.05) is 32.8 Å². The first kappa shape index (κ1) is 17.1. The Kier molecular flexibility index (Phi) is 5.50. The number of hydrogen-bond donors (Lipinski definition) is 1. The number of nitrogens with zero attached hydrogens (tertiary/aromatic N) is 1. The minimum absolute atomic E-state index is 0.0507. The number of ether oxygens (including phenoxy) is 1. The van der Waals surface area contributed by atoms with E-state index in [1.807, 2.05) is 24.4 Å². The second-order valence-electron chi connectivity index (χ2n) is 5.40. The second-order valence-corrected chi connectivity index (χ2v) is 9.66. The maximum absolute atomic E-state index is 12.5. The van der Waals surface area contributed by atoms with Gasteiger partial charge in [0.25, 0.3) is 0 Å². The van der Waals surface area contributed by atoms with E-state index in [0.717, 1.165) is 18.0 Å². The number of hydrogen-bond acceptors (Lipinski definition) is 6. The van der Waals surface area contributed by atoms with Crippen LogP contribution < -0.4 is 4.72 Å². The summed E-state index contributed by atoms with van der Waals surface area (Å²) in [7, 11) is -3.45. The van der Waals surface area contributed by atoms with Crippen LogP contribution in [-0.4, -0.2) is 46.2 Å². The fraction of sp³-hybridized carbons (Fsp3) is 0.467. The molecular formula is C15H20N2O3S3. The van der Waals surface area contributed by atoms with Crippen molar-refractivity contribution in [1.82, 2.24) is 9.62 Å². The predicted octanol–water partition coefficient (Wildman–Crippen LogP) is 2.47. The van der Waals surface area contributed by atoms with Crippen molar-refractivity contribution in [2.45, 2.75) is 17.2 Å². The van der Waals surface area contributed by atoms with E-state index in [1.54, 1.807) is 17.4 Å². The van der Waals surface area contributed by atoms with Gasteiger partial charge >= 0.3 is 0 Å². The molecule has 5 nitrogen and oxygen atoms in total. The molecule has 1 aliphatic rings. The predicted molar refractivity (Wildman–Crippen MR) is 93.7 cm³/mol. The van der Waals surface area contributed by atoms with Crippen LogP contribution in [0.15, 0.2) is 33.9 Å². The minimum atomic E-state index is -3.45. The van der Waals surface area contributed by atoms with Crippen LogP contribution in [-0.2, 0) is 14.8 Å². The van der Waals surface area contributed by atoms with Crippen LogP contribution in [0, 0.1) is 6.92 Å². The number of aryl methyl sites for hydroxylation is 1. The average molecular weight is 373 g/mol. The van der Waals surface area contributed by atoms with E-state index in [9.17, 15) is 8.42 Å². The summed E-state index contributed by atoms with van der Waals surface area (Å²) in [5.74, 6) is 0. The molecule has 3 rings (SSSR count). The van der Waals surface area contributed by atoms with E-state index in [4.69, 9.17) is 4.74 Å². The van der Waals surface area contributed by atoms with Gasteiger partial charge in [-0.3, -0.25) is 4.90 Å². The zero-order valence-corrected chi connectivity index (χ0v) is 15.3. The fourth-order valence-corrected chi connectivity index (χ4v) is 5.82. The van der Waals surface area contributed by atoms with Gasteiger partial charge in [-0.05, 0) is 30.5 Å². The van der Waals surface area contributed by atoms with Crippen molar-refractivity contribution in [1.29, 1.82) is 0 Å². The molecule has 0 aliphatic carbocycles. The van der Waals surface area contributed by atoms with Crippen molar-refractivity contribution < 1.29 is 13.2 Å². The summed E-state index contributed by atoms with van der Waals surface area (Å²) in [4.78, 5) is 4.46. The van der Waals surface area contributed by atoms with Crippen molar-refractivity contribution in [3.8, 4) is 0 Å². The summed E-state index contributed by atoms with van der Waals surface area (Å²) in [6.45, 7) is 5.31. The highest BCUT2D eigenvalue weighted by Crippen LogP contribution is 2.27. The number of sulfonamides is 1. The second kappa shape index (κ2) is 7.42. The quantitative estimate of drug-likeness (QED) is 0.846. The highest BCUT2D eigenvalue weighted by molar-refractivity contribution is 7.91. The summed E-state index contributed by atoms with van der Waals surface area (Å²) in [6.07, 6.45) is 0. The summed E-state index contributed by atoms with van der Waals surface area (Å²) < 4.78 is 33.5. The molecule has 0 aromatic carbocycles. The molecule has 0 radical (unpaired) electrons. The molecule has 2 aromatic rings. The summed E-state index contributed by atoms with van der Waals surface area (Å²) in [5.41, 5.74) is 0. The van der Waals surface area contributed by atoms with E-state index in [0.29, 0.717) is 24.0 Å². The molecule has 8 heteroatoms. The SMILES string of the molecule is Cc1ccc(S(=O)(=O)NCC(c2cccs2)N2CCOCC2)s1. The highest BCUT2D eigenvalue weighted by Gasteiger charge is 2.26. The standard InChI is InChI=1S/C15H20N2O3S3/c1-12-4-5-15(22-12)23(18,19)16-11-13(14-3-2-10-21-14)17-6-8-20-9-7-17/h2-5,10,13,16H,6-9,11H2,1H3. The van der Waals surface area contributed by atoms with E-state index >= 15 is 0 Å². The van der Waals surface area contributed by atoms with Gasteiger partial charge < -0.3 is 4.74 Å². The molecule has 0 amide bonds. The Labute approximate surface area is 145 Å². The topological polar surface area (TPSA) is 58.6 Å². The molecule has 1 saturated heterocycles. The van der Waals surface area contributed by atoms with Crippen molar-refractivity contribution in [3.05, 3.63) is 39.4 Å². The lowest BCUT2D eigenvalue weighted by molar-refractivity contribution is 0.0179. The maximum Gasteiger partial charge on any atom is 0.250 e. The third-order valence-electron chi connectivity index (χ3n) is 3.81. The number of thiophene rings is 2. The number of rotatable bonds is 6. The minimum Gasteiger partial charge on any atom is -0.379 e. The largest absolute Gasteiger partial charge is 0.379 e. The van der Waals surface area contributed by atoms with Crippen molar-refractivity contribution in [2.24, 2.45) is 0 Å². The zero-order valence-electron chi connectivity index (χ0n) is 12.9. The summed E-state index contributed by atoms with van der Waals surface area (Å²) >= 11 is 2.96. The van der Waals surface area contributed by atoms with Gasteiger partial charge in [-0.2, -0.15) is 0 Å². The first-order valence-corrected chi connectivity index (χ1v) is 10.7. The van der Waals surface area contributed by atoms with E-state index in [2.05, 4.69) is 15.7 Å². The van der Waals surface area contributed by atoms with E-state index < -0.39 is 10.0 Å². The molecule has 23 heavy (non-hydrogen) atoms. The molecule has 1 atom stereocenters. The van der Waals surface area contributed by atoms with Crippen LogP contribution in [0.3, 0.4) is 0 Å². The van der Waals surface area contributed by atoms with Crippen molar-refractivity contribution >= 4 is 32.7 Å². The van der Waals surface area contributed by atoms with Gasteiger partial charge in [-0.1, -0.05) is 6.07 Å². The highest BCUT2D eigenvalue weighted by atomic mass is 32.2. The third kappa shape index (κ3) is 4.20. The van der Waals surface area contributed by atoms with Crippen LogP contribution >= 0.6 is 22.7 Å². The lowest BCUT2D eigenvalue weighted by atomic mass is 10.2. The molecule has 3 heterocycles. The molecule has 1 unspecified atom stereocenters. The van der Waals surface area contributed by atoms with Crippen LogP contribution in [0.4, 0.5) is 0 Å². The fourth-order valence-electron chi connectivity index (χ4n) is 2.60. The first-order valence-electron chi connectivity index (χ1n) is 7.47. The molecule has 1 N–H and O–H groups in total. The Bertz CT molecular complexity index is 719. The van der Waals surface area contributed by atoms with Gasteiger partial charge in [-0.25, -0.2) is 13.1 Å². The summed E-state index contributed by atoms with van der Waals surface area (Å²) in [6, 6.07) is 7.61. The van der Waals surface area contributed by atoms with Crippen LogP contribution in [0.25, 0.3) is 0 Å². The Morgan fingerprint density at radius 3 is 2.70 bits per heavy atom. The molecule has 0 spiro atoms.